The summed E-state index contributed by atoms with van der Waals surface area (Å²) in [6, 6.07) is 12.8. The number of aromatic nitrogens is 1. The Kier molecular flexibility index (Phi) is 3.72. The molecule has 2 aliphatic rings. The van der Waals surface area contributed by atoms with Gasteiger partial charge < -0.3 is 9.64 Å². The van der Waals surface area contributed by atoms with Gasteiger partial charge in [0.05, 0.1) is 18.9 Å². The van der Waals surface area contributed by atoms with Crippen LogP contribution in [0.25, 0.3) is 5.57 Å². The monoisotopic (exact) mass is 356 g/mol. The molecular weight excluding hydrogens is 340 g/mol. The molecule has 0 amide bonds. The summed E-state index contributed by atoms with van der Waals surface area (Å²) in [6.45, 7) is 3.39. The fourth-order valence-electron chi connectivity index (χ4n) is 3.08. The van der Waals surface area contributed by atoms with E-state index in [1.165, 1.54) is 16.7 Å². The van der Waals surface area contributed by atoms with Crippen LogP contribution in [-0.4, -0.2) is 31.3 Å². The first-order valence-electron chi connectivity index (χ1n) is 7.60. The van der Waals surface area contributed by atoms with Crippen LogP contribution in [0.4, 0.5) is 5.82 Å². The molecule has 1 saturated heterocycles. The molecule has 4 heteroatoms. The molecule has 0 spiro atoms. The van der Waals surface area contributed by atoms with Crippen molar-refractivity contribution in [3.63, 3.8) is 0 Å². The number of hydrogen-bond acceptors (Lipinski definition) is 3. The van der Waals surface area contributed by atoms with Gasteiger partial charge >= 0.3 is 0 Å². The fraction of sp³-hybridized carbons (Fsp3) is 0.278. The van der Waals surface area contributed by atoms with E-state index in [0.29, 0.717) is 0 Å². The first-order valence-corrected chi connectivity index (χ1v) is 8.40. The third-order valence-electron chi connectivity index (χ3n) is 4.23. The maximum Gasteiger partial charge on any atom is 0.129 e. The molecule has 0 unspecified atom stereocenters. The largest absolute Gasteiger partial charge is 0.378 e. The van der Waals surface area contributed by atoms with E-state index in [4.69, 9.17) is 9.72 Å². The van der Waals surface area contributed by atoms with Crippen LogP contribution in [-0.2, 0) is 11.2 Å². The average molecular weight is 357 g/mol. The Morgan fingerprint density at radius 1 is 1.09 bits per heavy atom. The number of benzene rings is 1. The Hall–Kier alpha value is -1.65. The van der Waals surface area contributed by atoms with Crippen LogP contribution < -0.4 is 4.90 Å². The third kappa shape index (κ3) is 2.57. The molecule has 3 nitrogen and oxygen atoms in total. The number of morpholine rings is 1. The average Bonchev–Trinajstić information content (AvgIpc) is 2.99. The van der Waals surface area contributed by atoms with Gasteiger partial charge in [-0.25, -0.2) is 4.98 Å². The standard InChI is InChI=1S/C18H17BrN2O/c19-14-6-4-13-5-7-15(16(13)12-14)17-2-1-3-18(20-17)21-8-10-22-11-9-21/h1-4,6-7,12H,5,8-11H2. The van der Waals surface area contributed by atoms with Gasteiger partial charge in [0.15, 0.2) is 0 Å². The molecule has 1 aliphatic carbocycles. The van der Waals surface area contributed by atoms with Crippen molar-refractivity contribution >= 4 is 27.3 Å². The summed E-state index contributed by atoms with van der Waals surface area (Å²) in [6.07, 6.45) is 3.27. The Bertz CT molecular complexity index is 736. The molecule has 1 aromatic carbocycles. The van der Waals surface area contributed by atoms with Gasteiger partial charge in [-0.1, -0.05) is 34.1 Å². The van der Waals surface area contributed by atoms with Gasteiger partial charge in [0, 0.05) is 23.1 Å². The summed E-state index contributed by atoms with van der Waals surface area (Å²) >= 11 is 3.57. The second kappa shape index (κ2) is 5.86. The summed E-state index contributed by atoms with van der Waals surface area (Å²) < 4.78 is 6.54. The highest BCUT2D eigenvalue weighted by molar-refractivity contribution is 9.10. The van der Waals surface area contributed by atoms with Crippen LogP contribution in [0.15, 0.2) is 46.9 Å². The van der Waals surface area contributed by atoms with Crippen molar-refractivity contribution in [1.82, 2.24) is 4.98 Å². The molecule has 4 rings (SSSR count). The normalized spacial score (nSPS) is 17.3. The SMILES string of the molecule is Brc1ccc2c(c1)C(c1cccc(N3CCOCC3)n1)=CC2. The number of allylic oxidation sites excluding steroid dienone is 1. The smallest absolute Gasteiger partial charge is 0.129 e. The van der Waals surface area contributed by atoms with Crippen molar-refractivity contribution in [1.29, 1.82) is 0 Å². The molecule has 0 N–H and O–H groups in total. The molecule has 1 aromatic heterocycles. The molecule has 112 valence electrons. The molecular formula is C18H17BrN2O. The second-order valence-corrected chi connectivity index (χ2v) is 6.52. The summed E-state index contributed by atoms with van der Waals surface area (Å²) in [5.41, 5.74) is 4.96. The Labute approximate surface area is 138 Å². The summed E-state index contributed by atoms with van der Waals surface area (Å²) in [4.78, 5) is 7.19. The van der Waals surface area contributed by atoms with Crippen molar-refractivity contribution in [3.8, 4) is 0 Å². The Morgan fingerprint density at radius 2 is 1.95 bits per heavy atom. The molecule has 1 aliphatic heterocycles. The lowest BCUT2D eigenvalue weighted by Crippen LogP contribution is -2.36. The van der Waals surface area contributed by atoms with E-state index < -0.39 is 0 Å². The van der Waals surface area contributed by atoms with Crippen LogP contribution in [0, 0.1) is 0 Å². The van der Waals surface area contributed by atoms with Crippen LogP contribution in [0.5, 0.6) is 0 Å². The maximum atomic E-state index is 5.42. The highest BCUT2D eigenvalue weighted by Gasteiger charge is 2.18. The number of pyridine rings is 1. The van der Waals surface area contributed by atoms with E-state index in [1.807, 2.05) is 0 Å². The van der Waals surface area contributed by atoms with Gasteiger partial charge in [-0.15, -0.1) is 0 Å². The molecule has 0 radical (unpaired) electrons. The first kappa shape index (κ1) is 14.0. The van der Waals surface area contributed by atoms with E-state index in [9.17, 15) is 0 Å². The van der Waals surface area contributed by atoms with Crippen LogP contribution in [0.2, 0.25) is 0 Å². The highest BCUT2D eigenvalue weighted by atomic mass is 79.9. The zero-order valence-corrected chi connectivity index (χ0v) is 13.8. The molecule has 2 heterocycles. The highest BCUT2D eigenvalue weighted by Crippen LogP contribution is 2.34. The summed E-state index contributed by atoms with van der Waals surface area (Å²) in [5, 5.41) is 0. The molecule has 2 aromatic rings. The van der Waals surface area contributed by atoms with Crippen molar-refractivity contribution < 1.29 is 4.74 Å². The van der Waals surface area contributed by atoms with E-state index in [1.54, 1.807) is 0 Å². The fourth-order valence-corrected chi connectivity index (χ4v) is 3.44. The van der Waals surface area contributed by atoms with Gasteiger partial charge in [-0.3, -0.25) is 0 Å². The zero-order chi connectivity index (χ0) is 14.9. The molecule has 0 atom stereocenters. The van der Waals surface area contributed by atoms with Crippen molar-refractivity contribution in [2.24, 2.45) is 0 Å². The van der Waals surface area contributed by atoms with Crippen molar-refractivity contribution in [3.05, 3.63) is 63.8 Å². The predicted molar refractivity (Wildman–Crippen MR) is 92.2 cm³/mol. The van der Waals surface area contributed by atoms with Crippen LogP contribution in [0.3, 0.4) is 0 Å². The summed E-state index contributed by atoms with van der Waals surface area (Å²) in [5.74, 6) is 1.05. The van der Waals surface area contributed by atoms with Gasteiger partial charge in [-0.05, 0) is 41.8 Å². The second-order valence-electron chi connectivity index (χ2n) is 5.60. The number of hydrogen-bond donors (Lipinski definition) is 0. The lowest BCUT2D eigenvalue weighted by molar-refractivity contribution is 0.122. The predicted octanol–water partition coefficient (Wildman–Crippen LogP) is 3.67. The van der Waals surface area contributed by atoms with Crippen LogP contribution >= 0.6 is 15.9 Å². The third-order valence-corrected chi connectivity index (χ3v) is 4.73. The summed E-state index contributed by atoms with van der Waals surface area (Å²) in [7, 11) is 0. The minimum Gasteiger partial charge on any atom is -0.378 e. The number of halogens is 1. The zero-order valence-electron chi connectivity index (χ0n) is 12.3. The van der Waals surface area contributed by atoms with Crippen molar-refractivity contribution in [2.45, 2.75) is 6.42 Å². The topological polar surface area (TPSA) is 25.4 Å². The number of rotatable bonds is 2. The van der Waals surface area contributed by atoms with E-state index >= 15 is 0 Å². The van der Waals surface area contributed by atoms with Gasteiger partial charge in [-0.2, -0.15) is 0 Å². The van der Waals surface area contributed by atoms with E-state index in [2.05, 4.69) is 63.3 Å². The first-order chi connectivity index (χ1) is 10.8. The number of nitrogens with zero attached hydrogens (tertiary/aromatic N) is 2. The lowest BCUT2D eigenvalue weighted by atomic mass is 10.0. The van der Waals surface area contributed by atoms with Gasteiger partial charge in [0.1, 0.15) is 5.82 Å². The number of fused-ring (bicyclic) bond motifs is 1. The molecule has 22 heavy (non-hydrogen) atoms. The minimum atomic E-state index is 0.782. The molecule has 0 bridgehead atoms. The molecule has 1 fully saturated rings. The Morgan fingerprint density at radius 3 is 2.82 bits per heavy atom. The van der Waals surface area contributed by atoms with E-state index in [-0.39, 0.29) is 0 Å². The van der Waals surface area contributed by atoms with E-state index in [0.717, 1.165) is 48.7 Å². The quantitative estimate of drug-likeness (QED) is 0.820. The Balaban J connectivity index is 1.68. The van der Waals surface area contributed by atoms with Gasteiger partial charge in [0.2, 0.25) is 0 Å². The maximum absolute atomic E-state index is 5.42. The number of anilines is 1. The minimum absolute atomic E-state index is 0.782. The number of ether oxygens (including phenoxy) is 1. The lowest BCUT2D eigenvalue weighted by Gasteiger charge is -2.28. The van der Waals surface area contributed by atoms with Gasteiger partial charge in [0.25, 0.3) is 0 Å². The van der Waals surface area contributed by atoms with Crippen molar-refractivity contribution in [2.75, 3.05) is 31.2 Å². The van der Waals surface area contributed by atoms with Crippen LogP contribution in [0.1, 0.15) is 16.8 Å². The molecule has 0 saturated carbocycles.